The number of benzene rings is 1. The topological polar surface area (TPSA) is 99.0 Å². The number of amides is 1. The lowest BCUT2D eigenvalue weighted by Crippen LogP contribution is -2.58. The fourth-order valence-corrected chi connectivity index (χ4v) is 1.64. The molecule has 0 aliphatic rings. The van der Waals surface area contributed by atoms with Gasteiger partial charge in [0.05, 0.1) is 24.8 Å². The molecule has 20 heavy (non-hydrogen) atoms. The highest BCUT2D eigenvalue weighted by molar-refractivity contribution is 6.32. The van der Waals surface area contributed by atoms with Crippen LogP contribution >= 0.6 is 11.6 Å². The number of aliphatic hydroxyl groups is 3. The minimum atomic E-state index is -1.46. The molecule has 4 N–H and O–H groups in total. The van der Waals surface area contributed by atoms with Crippen molar-refractivity contribution in [1.29, 1.82) is 0 Å². The van der Waals surface area contributed by atoms with E-state index in [9.17, 15) is 4.79 Å². The number of aryl methyl sites for hydroxylation is 1. The molecule has 0 saturated heterocycles. The predicted molar refractivity (Wildman–Crippen MR) is 73.8 cm³/mol. The first-order valence-corrected chi connectivity index (χ1v) is 6.36. The molecule has 1 rings (SSSR count). The van der Waals surface area contributed by atoms with Crippen LogP contribution in [0.15, 0.2) is 18.2 Å². The molecule has 0 bridgehead atoms. The standard InChI is InChI=1S/C13H18ClNO5/c1-9-2-3-10(14)11(4-9)20-5-12(19)15-13(6-16,7-17)8-18/h2-4,16-18H,5-8H2,1H3,(H,15,19). The van der Waals surface area contributed by atoms with E-state index in [1.807, 2.05) is 13.0 Å². The summed E-state index contributed by atoms with van der Waals surface area (Å²) in [5, 5.41) is 30.0. The monoisotopic (exact) mass is 303 g/mol. The van der Waals surface area contributed by atoms with Gasteiger partial charge in [-0.3, -0.25) is 4.79 Å². The predicted octanol–water partition coefficient (Wildman–Crippen LogP) is -0.141. The first kappa shape index (κ1) is 16.7. The number of hydrogen-bond acceptors (Lipinski definition) is 5. The highest BCUT2D eigenvalue weighted by atomic mass is 35.5. The Labute approximate surface area is 121 Å². The van der Waals surface area contributed by atoms with Crippen molar-refractivity contribution in [3.8, 4) is 5.75 Å². The summed E-state index contributed by atoms with van der Waals surface area (Å²) < 4.78 is 5.27. The lowest BCUT2D eigenvalue weighted by molar-refractivity contribution is -0.127. The third-order valence-corrected chi connectivity index (χ3v) is 3.07. The first-order chi connectivity index (χ1) is 9.46. The molecule has 112 valence electrons. The van der Waals surface area contributed by atoms with Gasteiger partial charge in [0, 0.05) is 0 Å². The maximum Gasteiger partial charge on any atom is 0.258 e. The van der Waals surface area contributed by atoms with Crippen molar-refractivity contribution >= 4 is 17.5 Å². The van der Waals surface area contributed by atoms with Gasteiger partial charge in [-0.25, -0.2) is 0 Å². The molecule has 0 aliphatic heterocycles. The van der Waals surface area contributed by atoms with Gasteiger partial charge < -0.3 is 25.4 Å². The number of aliphatic hydroxyl groups excluding tert-OH is 3. The second-order valence-corrected chi connectivity index (χ2v) is 4.93. The Morgan fingerprint density at radius 2 is 1.90 bits per heavy atom. The summed E-state index contributed by atoms with van der Waals surface area (Å²) in [4.78, 5) is 11.7. The van der Waals surface area contributed by atoms with E-state index in [0.29, 0.717) is 10.8 Å². The van der Waals surface area contributed by atoms with Gasteiger partial charge in [0.25, 0.3) is 5.91 Å². The summed E-state index contributed by atoms with van der Waals surface area (Å²) >= 11 is 5.92. The summed E-state index contributed by atoms with van der Waals surface area (Å²) in [6.07, 6.45) is 0. The van der Waals surface area contributed by atoms with Crippen LogP contribution in [-0.2, 0) is 4.79 Å². The van der Waals surface area contributed by atoms with Gasteiger partial charge in [-0.2, -0.15) is 0 Å². The van der Waals surface area contributed by atoms with E-state index in [4.69, 9.17) is 31.7 Å². The number of rotatable bonds is 7. The highest BCUT2D eigenvalue weighted by Crippen LogP contribution is 2.25. The maximum atomic E-state index is 11.7. The third kappa shape index (κ3) is 4.35. The Hall–Kier alpha value is -1.34. The summed E-state index contributed by atoms with van der Waals surface area (Å²) in [6.45, 7) is -0.243. The zero-order chi connectivity index (χ0) is 15.2. The molecule has 1 aromatic rings. The number of halogens is 1. The van der Waals surface area contributed by atoms with Gasteiger partial charge in [0.2, 0.25) is 0 Å². The van der Waals surface area contributed by atoms with Crippen molar-refractivity contribution < 1.29 is 24.9 Å². The molecule has 0 fully saturated rings. The zero-order valence-electron chi connectivity index (χ0n) is 11.1. The van der Waals surface area contributed by atoms with Crippen molar-refractivity contribution in [2.75, 3.05) is 26.4 Å². The van der Waals surface area contributed by atoms with E-state index in [1.165, 1.54) is 0 Å². The van der Waals surface area contributed by atoms with Gasteiger partial charge in [-0.15, -0.1) is 0 Å². The largest absolute Gasteiger partial charge is 0.482 e. The number of carbonyl (C=O) groups excluding carboxylic acids is 1. The van der Waals surface area contributed by atoms with Crippen molar-refractivity contribution in [2.24, 2.45) is 0 Å². The number of ether oxygens (including phenoxy) is 1. The lowest BCUT2D eigenvalue weighted by atomic mass is 10.0. The van der Waals surface area contributed by atoms with Crippen molar-refractivity contribution in [1.82, 2.24) is 5.32 Å². The van der Waals surface area contributed by atoms with Crippen LogP contribution in [0.3, 0.4) is 0 Å². The maximum absolute atomic E-state index is 11.7. The average molecular weight is 304 g/mol. The Balaban J connectivity index is 2.61. The second-order valence-electron chi connectivity index (χ2n) is 4.53. The van der Waals surface area contributed by atoms with E-state index in [1.54, 1.807) is 12.1 Å². The van der Waals surface area contributed by atoms with Crippen LogP contribution in [0.4, 0.5) is 0 Å². The lowest BCUT2D eigenvalue weighted by Gasteiger charge is -2.28. The summed E-state index contributed by atoms with van der Waals surface area (Å²) in [6, 6.07) is 5.15. The van der Waals surface area contributed by atoms with Crippen molar-refractivity contribution in [3.05, 3.63) is 28.8 Å². The summed E-state index contributed by atoms with van der Waals surface area (Å²) in [7, 11) is 0. The molecular formula is C13H18ClNO5. The number of nitrogens with one attached hydrogen (secondary N) is 1. The van der Waals surface area contributed by atoms with Crippen LogP contribution in [0.2, 0.25) is 5.02 Å². The fraction of sp³-hybridized carbons (Fsp3) is 0.462. The molecule has 1 amide bonds. The smallest absolute Gasteiger partial charge is 0.258 e. The SMILES string of the molecule is Cc1ccc(Cl)c(OCC(=O)NC(CO)(CO)CO)c1. The second kappa shape index (κ2) is 7.44. The molecular weight excluding hydrogens is 286 g/mol. The minimum absolute atomic E-state index is 0.342. The molecule has 7 heteroatoms. The quantitative estimate of drug-likeness (QED) is 0.562. The number of carbonyl (C=O) groups is 1. The minimum Gasteiger partial charge on any atom is -0.482 e. The molecule has 0 aliphatic carbocycles. The Bertz CT molecular complexity index is 454. The van der Waals surface area contributed by atoms with Gasteiger partial charge in [-0.05, 0) is 24.6 Å². The Morgan fingerprint density at radius 3 is 2.45 bits per heavy atom. The Morgan fingerprint density at radius 1 is 1.30 bits per heavy atom. The molecule has 0 aromatic heterocycles. The van der Waals surface area contributed by atoms with Crippen LogP contribution < -0.4 is 10.1 Å². The molecule has 0 saturated carbocycles. The zero-order valence-corrected chi connectivity index (χ0v) is 11.9. The summed E-state index contributed by atoms with van der Waals surface area (Å²) in [5.41, 5.74) is -0.531. The van der Waals surface area contributed by atoms with Crippen LogP contribution in [-0.4, -0.2) is 53.2 Å². The Kier molecular flexibility index (Phi) is 6.22. The van der Waals surface area contributed by atoms with E-state index >= 15 is 0 Å². The van der Waals surface area contributed by atoms with E-state index in [-0.39, 0.29) is 6.61 Å². The molecule has 0 atom stereocenters. The van der Waals surface area contributed by atoms with Crippen molar-refractivity contribution in [2.45, 2.75) is 12.5 Å². The normalized spacial score (nSPS) is 11.2. The summed E-state index contributed by atoms with van der Waals surface area (Å²) in [5.74, 6) is -0.218. The van der Waals surface area contributed by atoms with Gasteiger partial charge in [-0.1, -0.05) is 17.7 Å². The first-order valence-electron chi connectivity index (χ1n) is 5.99. The number of hydrogen-bond donors (Lipinski definition) is 4. The molecule has 6 nitrogen and oxygen atoms in total. The fourth-order valence-electron chi connectivity index (χ4n) is 1.46. The van der Waals surface area contributed by atoms with E-state index < -0.39 is 31.3 Å². The van der Waals surface area contributed by atoms with Crippen LogP contribution in [0.25, 0.3) is 0 Å². The average Bonchev–Trinajstić information content (AvgIpc) is 2.46. The molecule has 1 aromatic carbocycles. The van der Waals surface area contributed by atoms with Crippen LogP contribution in [0, 0.1) is 6.92 Å². The molecule has 0 unspecified atom stereocenters. The van der Waals surface area contributed by atoms with E-state index in [0.717, 1.165) is 5.56 Å². The van der Waals surface area contributed by atoms with Gasteiger partial charge in [0.1, 0.15) is 11.3 Å². The van der Waals surface area contributed by atoms with Crippen molar-refractivity contribution in [3.63, 3.8) is 0 Å². The molecule has 0 spiro atoms. The van der Waals surface area contributed by atoms with Crippen LogP contribution in [0.1, 0.15) is 5.56 Å². The van der Waals surface area contributed by atoms with Crippen LogP contribution in [0.5, 0.6) is 5.75 Å². The highest BCUT2D eigenvalue weighted by Gasteiger charge is 2.30. The molecule has 0 heterocycles. The van der Waals surface area contributed by atoms with Gasteiger partial charge in [0.15, 0.2) is 6.61 Å². The van der Waals surface area contributed by atoms with Gasteiger partial charge >= 0.3 is 0 Å². The third-order valence-electron chi connectivity index (χ3n) is 2.76. The molecule has 0 radical (unpaired) electrons. The van der Waals surface area contributed by atoms with E-state index in [2.05, 4.69) is 5.32 Å².